The predicted octanol–water partition coefficient (Wildman–Crippen LogP) is 3.13. The van der Waals surface area contributed by atoms with Crippen LogP contribution in [0.15, 0.2) is 18.2 Å². The Labute approximate surface area is 135 Å². The van der Waals surface area contributed by atoms with E-state index in [-0.39, 0.29) is 25.2 Å². The lowest BCUT2D eigenvalue weighted by atomic mass is 10.2. The van der Waals surface area contributed by atoms with Crippen LogP contribution in [0, 0.1) is 0 Å². The molecule has 21 heavy (non-hydrogen) atoms. The van der Waals surface area contributed by atoms with Crippen LogP contribution in [0.3, 0.4) is 0 Å². The molecule has 0 aromatic heterocycles. The molecule has 0 saturated heterocycles. The standard InChI is InChI=1S/C15H21Cl2NO3/c1-11(2)21-15(20)10-18(6-3-7-19)9-12-4-5-13(16)14(17)8-12/h4-5,8,11,19H,3,6-7,9-10H2,1-2H3. The van der Waals surface area contributed by atoms with Crippen LogP contribution in [0.5, 0.6) is 0 Å². The smallest absolute Gasteiger partial charge is 0.320 e. The summed E-state index contributed by atoms with van der Waals surface area (Å²) in [5.74, 6) is -0.275. The first-order valence-corrected chi connectivity index (χ1v) is 7.64. The number of esters is 1. The molecule has 0 aliphatic rings. The first-order valence-electron chi connectivity index (χ1n) is 6.89. The maximum Gasteiger partial charge on any atom is 0.320 e. The Morgan fingerprint density at radius 3 is 2.62 bits per heavy atom. The number of aliphatic hydroxyl groups excluding tert-OH is 1. The number of carbonyl (C=O) groups is 1. The molecule has 6 heteroatoms. The fourth-order valence-corrected chi connectivity index (χ4v) is 2.21. The molecule has 1 rings (SSSR count). The van der Waals surface area contributed by atoms with Gasteiger partial charge >= 0.3 is 5.97 Å². The summed E-state index contributed by atoms with van der Waals surface area (Å²) >= 11 is 11.9. The van der Waals surface area contributed by atoms with Gasteiger partial charge in [-0.1, -0.05) is 29.3 Å². The molecule has 0 spiro atoms. The van der Waals surface area contributed by atoms with Crippen LogP contribution in [-0.2, 0) is 16.1 Å². The number of hydrogen-bond acceptors (Lipinski definition) is 4. The van der Waals surface area contributed by atoms with Gasteiger partial charge in [0.15, 0.2) is 0 Å². The SMILES string of the molecule is CC(C)OC(=O)CN(CCCO)Cc1ccc(Cl)c(Cl)c1. The Kier molecular flexibility index (Phi) is 8.04. The number of ether oxygens (including phenoxy) is 1. The summed E-state index contributed by atoms with van der Waals surface area (Å²) in [6.45, 7) is 5.04. The van der Waals surface area contributed by atoms with E-state index in [2.05, 4.69) is 0 Å². The van der Waals surface area contributed by atoms with Crippen molar-refractivity contribution >= 4 is 29.2 Å². The zero-order chi connectivity index (χ0) is 15.8. The zero-order valence-electron chi connectivity index (χ0n) is 12.3. The molecule has 0 aliphatic carbocycles. The van der Waals surface area contributed by atoms with E-state index in [1.54, 1.807) is 12.1 Å². The van der Waals surface area contributed by atoms with Crippen molar-refractivity contribution in [3.05, 3.63) is 33.8 Å². The number of aliphatic hydroxyl groups is 1. The molecule has 0 atom stereocenters. The molecule has 0 saturated carbocycles. The third kappa shape index (κ3) is 7.14. The second-order valence-corrected chi connectivity index (χ2v) is 5.89. The predicted molar refractivity (Wildman–Crippen MR) is 84.7 cm³/mol. The fourth-order valence-electron chi connectivity index (χ4n) is 1.89. The number of hydrogen-bond donors (Lipinski definition) is 1. The molecule has 0 fully saturated rings. The van der Waals surface area contributed by atoms with E-state index in [4.69, 9.17) is 33.0 Å². The molecule has 1 N–H and O–H groups in total. The highest BCUT2D eigenvalue weighted by Gasteiger charge is 2.14. The van der Waals surface area contributed by atoms with Crippen LogP contribution in [0.4, 0.5) is 0 Å². The van der Waals surface area contributed by atoms with E-state index in [1.165, 1.54) is 0 Å². The van der Waals surface area contributed by atoms with Crippen LogP contribution >= 0.6 is 23.2 Å². The second kappa shape index (κ2) is 9.26. The average molecular weight is 334 g/mol. The zero-order valence-corrected chi connectivity index (χ0v) is 13.8. The number of nitrogens with zero attached hydrogens (tertiary/aromatic N) is 1. The number of halogens is 2. The minimum Gasteiger partial charge on any atom is -0.462 e. The van der Waals surface area contributed by atoms with Gasteiger partial charge in [-0.05, 0) is 38.0 Å². The van der Waals surface area contributed by atoms with Gasteiger partial charge in [0.05, 0.1) is 22.7 Å². The van der Waals surface area contributed by atoms with Gasteiger partial charge in [0.25, 0.3) is 0 Å². The second-order valence-electron chi connectivity index (χ2n) is 5.07. The van der Waals surface area contributed by atoms with Crippen molar-refractivity contribution in [1.82, 2.24) is 4.90 Å². The number of rotatable bonds is 8. The van der Waals surface area contributed by atoms with Gasteiger partial charge in [-0.3, -0.25) is 9.69 Å². The summed E-state index contributed by atoms with van der Waals surface area (Å²) in [6.07, 6.45) is 0.457. The Balaban J connectivity index is 2.68. The lowest BCUT2D eigenvalue weighted by molar-refractivity contribution is -0.148. The third-order valence-corrected chi connectivity index (χ3v) is 3.48. The van der Waals surface area contributed by atoms with Crippen molar-refractivity contribution in [2.45, 2.75) is 32.9 Å². The normalized spacial score (nSPS) is 11.2. The van der Waals surface area contributed by atoms with Gasteiger partial charge in [0.2, 0.25) is 0 Å². The lowest BCUT2D eigenvalue weighted by Crippen LogP contribution is -2.33. The maximum absolute atomic E-state index is 11.8. The summed E-state index contributed by atoms with van der Waals surface area (Å²) in [5.41, 5.74) is 0.958. The minimum absolute atomic E-state index is 0.0805. The fraction of sp³-hybridized carbons (Fsp3) is 0.533. The van der Waals surface area contributed by atoms with Gasteiger partial charge in [-0.2, -0.15) is 0 Å². The Morgan fingerprint density at radius 1 is 1.33 bits per heavy atom. The quantitative estimate of drug-likeness (QED) is 0.742. The van der Waals surface area contributed by atoms with Crippen molar-refractivity contribution in [3.63, 3.8) is 0 Å². The van der Waals surface area contributed by atoms with E-state index in [9.17, 15) is 4.79 Å². The highest BCUT2D eigenvalue weighted by Crippen LogP contribution is 2.23. The molecule has 4 nitrogen and oxygen atoms in total. The summed E-state index contributed by atoms with van der Waals surface area (Å²) < 4.78 is 5.15. The molecule has 0 aliphatic heterocycles. The molecule has 0 heterocycles. The Bertz CT molecular complexity index is 466. The van der Waals surface area contributed by atoms with Crippen LogP contribution in [0.2, 0.25) is 10.0 Å². The summed E-state index contributed by atoms with van der Waals surface area (Å²) in [4.78, 5) is 13.7. The molecule has 118 valence electrons. The lowest BCUT2D eigenvalue weighted by Gasteiger charge is -2.22. The Hall–Kier alpha value is -0.810. The van der Waals surface area contributed by atoms with Gasteiger partial charge in [0.1, 0.15) is 0 Å². The maximum atomic E-state index is 11.8. The van der Waals surface area contributed by atoms with Crippen LogP contribution < -0.4 is 0 Å². The average Bonchev–Trinajstić information content (AvgIpc) is 2.39. The summed E-state index contributed by atoms with van der Waals surface area (Å²) in [7, 11) is 0. The van der Waals surface area contributed by atoms with E-state index in [1.807, 2.05) is 24.8 Å². The van der Waals surface area contributed by atoms with Crippen molar-refractivity contribution in [2.75, 3.05) is 19.7 Å². The number of benzene rings is 1. The topological polar surface area (TPSA) is 49.8 Å². The van der Waals surface area contributed by atoms with Crippen LogP contribution in [0.1, 0.15) is 25.8 Å². The highest BCUT2D eigenvalue weighted by molar-refractivity contribution is 6.42. The number of carbonyl (C=O) groups excluding carboxylic acids is 1. The minimum atomic E-state index is -0.275. The molecule has 1 aromatic rings. The monoisotopic (exact) mass is 333 g/mol. The van der Waals surface area contributed by atoms with Crippen molar-refractivity contribution in [1.29, 1.82) is 0 Å². The van der Waals surface area contributed by atoms with Gasteiger partial charge in [-0.25, -0.2) is 0 Å². The van der Waals surface area contributed by atoms with Crippen molar-refractivity contribution in [2.24, 2.45) is 0 Å². The Morgan fingerprint density at radius 2 is 2.05 bits per heavy atom. The van der Waals surface area contributed by atoms with Crippen molar-refractivity contribution < 1.29 is 14.6 Å². The van der Waals surface area contributed by atoms with Crippen LogP contribution in [-0.4, -0.2) is 41.8 Å². The van der Waals surface area contributed by atoms with Crippen LogP contribution in [0.25, 0.3) is 0 Å². The van der Waals surface area contributed by atoms with Gasteiger partial charge in [0, 0.05) is 19.7 Å². The molecule has 0 amide bonds. The molecule has 1 aromatic carbocycles. The van der Waals surface area contributed by atoms with E-state index < -0.39 is 0 Å². The molecule has 0 bridgehead atoms. The first kappa shape index (κ1) is 18.2. The summed E-state index contributed by atoms with van der Waals surface area (Å²) in [6, 6.07) is 5.38. The van der Waals surface area contributed by atoms with Gasteiger partial charge < -0.3 is 9.84 Å². The third-order valence-electron chi connectivity index (χ3n) is 2.74. The van der Waals surface area contributed by atoms with Crippen molar-refractivity contribution in [3.8, 4) is 0 Å². The highest BCUT2D eigenvalue weighted by atomic mass is 35.5. The molecular formula is C15H21Cl2NO3. The first-order chi connectivity index (χ1) is 9.92. The molecule has 0 radical (unpaired) electrons. The van der Waals surface area contributed by atoms with E-state index >= 15 is 0 Å². The van der Waals surface area contributed by atoms with E-state index in [0.717, 1.165) is 5.56 Å². The van der Waals surface area contributed by atoms with E-state index in [0.29, 0.717) is 29.6 Å². The molecule has 0 unspecified atom stereocenters. The largest absolute Gasteiger partial charge is 0.462 e. The molecular weight excluding hydrogens is 313 g/mol. The summed E-state index contributed by atoms with van der Waals surface area (Å²) in [5, 5.41) is 9.95. The van der Waals surface area contributed by atoms with Gasteiger partial charge in [-0.15, -0.1) is 0 Å².